The molecule has 0 spiro atoms. The fourth-order valence-corrected chi connectivity index (χ4v) is 4.15. The van der Waals surface area contributed by atoms with Gasteiger partial charge in [0, 0.05) is 12.5 Å². The van der Waals surface area contributed by atoms with Crippen molar-refractivity contribution in [2.45, 2.75) is 53.2 Å². The quantitative estimate of drug-likeness (QED) is 0.139. The number of rotatable bonds is 9. The maximum atomic E-state index is 13.5. The number of carbonyl (C=O) groups excluding carboxylic acids is 4. The Labute approximate surface area is 231 Å². The van der Waals surface area contributed by atoms with Crippen molar-refractivity contribution in [1.82, 2.24) is 0 Å². The largest absolute Gasteiger partial charge is 0.443 e. The van der Waals surface area contributed by atoms with Crippen molar-refractivity contribution < 1.29 is 33.8 Å². The zero-order valence-electron chi connectivity index (χ0n) is 22.9. The number of hydrogen-bond donors (Lipinski definition) is 0. The number of anilines is 1. The van der Waals surface area contributed by atoms with Crippen LogP contribution in [0.25, 0.3) is 11.1 Å². The number of ketones is 2. The molecule has 0 atom stereocenters. The molecule has 208 valence electrons. The van der Waals surface area contributed by atoms with Crippen LogP contribution >= 0.6 is 0 Å². The summed E-state index contributed by atoms with van der Waals surface area (Å²) in [6.07, 6.45) is -0.454. The van der Waals surface area contributed by atoms with Gasteiger partial charge in [-0.15, -0.1) is 10.1 Å². The highest BCUT2D eigenvalue weighted by molar-refractivity contribution is 6.44. The first kappa shape index (κ1) is 29.7. The molecule has 0 radical (unpaired) electrons. The second-order valence-corrected chi connectivity index (χ2v) is 9.97. The van der Waals surface area contributed by atoms with E-state index in [1.807, 2.05) is 30.3 Å². The van der Waals surface area contributed by atoms with Gasteiger partial charge in [0.15, 0.2) is 5.78 Å². The Bertz CT molecular complexity index is 1460. The van der Waals surface area contributed by atoms with Crippen molar-refractivity contribution in [1.29, 1.82) is 0 Å². The average molecular weight is 547 g/mol. The molecule has 0 bridgehead atoms. The molecule has 0 fully saturated rings. The highest BCUT2D eigenvalue weighted by Gasteiger charge is 2.30. The van der Waals surface area contributed by atoms with Gasteiger partial charge in [-0.05, 0) is 61.6 Å². The van der Waals surface area contributed by atoms with E-state index in [2.05, 4.69) is 4.84 Å². The summed E-state index contributed by atoms with van der Waals surface area (Å²) in [5, 5.41) is 9.72. The van der Waals surface area contributed by atoms with Gasteiger partial charge in [-0.25, -0.2) is 9.63 Å². The molecule has 3 aromatic rings. The smallest absolute Gasteiger partial charge is 0.415 e. The number of amides is 1. The Balaban J connectivity index is 2.21. The van der Waals surface area contributed by atoms with Gasteiger partial charge >= 0.3 is 17.1 Å². The first-order valence-electron chi connectivity index (χ1n) is 12.5. The molecule has 3 rings (SSSR count). The lowest BCUT2D eigenvalue weighted by Crippen LogP contribution is -2.38. The normalized spacial score (nSPS) is 10.9. The molecule has 1 amide bonds. The first-order valence-corrected chi connectivity index (χ1v) is 12.5. The number of Topliss-reactive ketones (excluding diaryl/α,β-unsaturated/α-hetero) is 2. The SMILES string of the molecule is CCc1cccc(C(=O)O[N+](=O)[O-])c1N(Cc1ccc(-c2ccccc2)c(C(=O)C(C)=O)c1)C(=O)OC(C)(C)C. The molecule has 0 aliphatic carbocycles. The number of para-hydroxylation sites is 1. The minimum Gasteiger partial charge on any atom is -0.443 e. The van der Waals surface area contributed by atoms with Gasteiger partial charge in [0.05, 0.1) is 17.8 Å². The first-order chi connectivity index (χ1) is 18.8. The van der Waals surface area contributed by atoms with E-state index in [-0.39, 0.29) is 23.4 Å². The van der Waals surface area contributed by atoms with Crippen LogP contribution in [0, 0.1) is 10.1 Å². The van der Waals surface area contributed by atoms with E-state index in [1.54, 1.807) is 45.9 Å². The van der Waals surface area contributed by atoms with E-state index >= 15 is 0 Å². The highest BCUT2D eigenvalue weighted by Crippen LogP contribution is 2.32. The standard InChI is InChI=1S/C30H30N2O8/c1-6-21-13-10-14-24(28(35)40-32(37)38)26(21)31(29(36)39-30(3,4)5)18-20-15-16-23(22-11-8-7-9-12-22)25(17-20)27(34)19(2)33/h7-17H,6,18H2,1-5H3. The fourth-order valence-electron chi connectivity index (χ4n) is 4.15. The predicted octanol–water partition coefficient (Wildman–Crippen LogP) is 5.98. The number of nitrogens with zero attached hydrogens (tertiary/aromatic N) is 2. The van der Waals surface area contributed by atoms with E-state index in [1.165, 1.54) is 30.0 Å². The summed E-state index contributed by atoms with van der Waals surface area (Å²) >= 11 is 0. The third kappa shape index (κ3) is 7.16. The predicted molar refractivity (Wildman–Crippen MR) is 148 cm³/mol. The van der Waals surface area contributed by atoms with E-state index in [0.717, 1.165) is 5.56 Å². The maximum absolute atomic E-state index is 13.5. The van der Waals surface area contributed by atoms with Crippen molar-refractivity contribution in [2.24, 2.45) is 0 Å². The summed E-state index contributed by atoms with van der Waals surface area (Å²) in [5.74, 6) is -2.61. The van der Waals surface area contributed by atoms with Gasteiger partial charge in [0.1, 0.15) is 5.60 Å². The van der Waals surface area contributed by atoms with Gasteiger partial charge in [0.2, 0.25) is 5.78 Å². The monoisotopic (exact) mass is 546 g/mol. The Morgan fingerprint density at radius 1 is 0.925 bits per heavy atom. The minimum atomic E-state index is -1.25. The van der Waals surface area contributed by atoms with Crippen LogP contribution in [0.3, 0.4) is 0 Å². The van der Waals surface area contributed by atoms with E-state index in [9.17, 15) is 29.3 Å². The van der Waals surface area contributed by atoms with Crippen LogP contribution in [0.15, 0.2) is 66.7 Å². The molecule has 0 heterocycles. The average Bonchev–Trinajstić information content (AvgIpc) is 2.89. The molecule has 0 saturated heterocycles. The van der Waals surface area contributed by atoms with Crippen LogP contribution in [0.4, 0.5) is 10.5 Å². The third-order valence-electron chi connectivity index (χ3n) is 5.84. The highest BCUT2D eigenvalue weighted by atomic mass is 17.0. The number of hydrogen-bond acceptors (Lipinski definition) is 8. The van der Waals surface area contributed by atoms with Crippen molar-refractivity contribution in [3.8, 4) is 11.1 Å². The van der Waals surface area contributed by atoms with Gasteiger partial charge in [-0.3, -0.25) is 19.3 Å². The molecule has 10 nitrogen and oxygen atoms in total. The molecule has 40 heavy (non-hydrogen) atoms. The van der Waals surface area contributed by atoms with Crippen LogP contribution in [0.1, 0.15) is 66.5 Å². The fraction of sp³-hybridized carbons (Fsp3) is 0.267. The molecule has 0 unspecified atom stereocenters. The van der Waals surface area contributed by atoms with Crippen molar-refractivity contribution >= 4 is 29.3 Å². The minimum absolute atomic E-state index is 0.0812. The lowest BCUT2D eigenvalue weighted by Gasteiger charge is -2.30. The molecule has 0 aromatic heterocycles. The van der Waals surface area contributed by atoms with E-state index in [0.29, 0.717) is 23.1 Å². The van der Waals surface area contributed by atoms with Crippen LogP contribution in [-0.4, -0.2) is 34.3 Å². The lowest BCUT2D eigenvalue weighted by molar-refractivity contribution is -0.727. The van der Waals surface area contributed by atoms with E-state index in [4.69, 9.17) is 4.74 Å². The second kappa shape index (κ2) is 12.3. The van der Waals surface area contributed by atoms with Crippen LogP contribution < -0.4 is 4.90 Å². The number of carbonyl (C=O) groups is 4. The van der Waals surface area contributed by atoms with Gasteiger partial charge in [-0.1, -0.05) is 61.5 Å². The Morgan fingerprint density at radius 2 is 1.60 bits per heavy atom. The molecule has 0 N–H and O–H groups in total. The maximum Gasteiger partial charge on any atom is 0.415 e. The van der Waals surface area contributed by atoms with Crippen LogP contribution in [-0.2, 0) is 27.3 Å². The summed E-state index contributed by atoms with van der Waals surface area (Å²) in [4.78, 5) is 67.6. The van der Waals surface area contributed by atoms with E-state index < -0.39 is 34.3 Å². The molecule has 0 aliphatic heterocycles. The lowest BCUT2D eigenvalue weighted by atomic mass is 9.93. The van der Waals surface area contributed by atoms with Crippen molar-refractivity contribution in [2.75, 3.05) is 4.90 Å². The molecular weight excluding hydrogens is 516 g/mol. The summed E-state index contributed by atoms with van der Waals surface area (Å²) in [7, 11) is 0. The second-order valence-electron chi connectivity index (χ2n) is 9.97. The summed E-state index contributed by atoms with van der Waals surface area (Å²) < 4.78 is 5.63. The number of benzene rings is 3. The molecule has 0 aliphatic rings. The van der Waals surface area contributed by atoms with Gasteiger partial charge < -0.3 is 4.74 Å². The topological polar surface area (TPSA) is 133 Å². The number of aryl methyl sites for hydroxylation is 1. The van der Waals surface area contributed by atoms with Crippen LogP contribution in [0.2, 0.25) is 0 Å². The third-order valence-corrected chi connectivity index (χ3v) is 5.84. The van der Waals surface area contributed by atoms with Crippen molar-refractivity contribution in [3.63, 3.8) is 0 Å². The van der Waals surface area contributed by atoms with Crippen molar-refractivity contribution in [3.05, 3.63) is 99.1 Å². The number of ether oxygens (including phenoxy) is 1. The molecule has 10 heteroatoms. The Hall–Kier alpha value is -4.86. The summed E-state index contributed by atoms with van der Waals surface area (Å²) in [5.41, 5.74) is 1.36. The summed E-state index contributed by atoms with van der Waals surface area (Å²) in [6.45, 7) is 7.82. The molecular formula is C30H30N2O8. The molecule has 0 saturated carbocycles. The zero-order chi connectivity index (χ0) is 29.6. The summed E-state index contributed by atoms with van der Waals surface area (Å²) in [6, 6.07) is 18.5. The zero-order valence-corrected chi connectivity index (χ0v) is 22.9. The van der Waals surface area contributed by atoms with Gasteiger partial charge in [0.25, 0.3) is 0 Å². The van der Waals surface area contributed by atoms with Crippen LogP contribution in [0.5, 0.6) is 0 Å². The van der Waals surface area contributed by atoms with Gasteiger partial charge in [-0.2, -0.15) is 0 Å². The Morgan fingerprint density at radius 3 is 2.17 bits per heavy atom. The Kier molecular flexibility index (Phi) is 9.15. The molecule has 3 aromatic carbocycles.